The predicted octanol–water partition coefficient (Wildman–Crippen LogP) is 1.000. The minimum atomic E-state index is -0.393. The maximum atomic E-state index is 12.8. The molecule has 0 bridgehead atoms. The lowest BCUT2D eigenvalue weighted by atomic mass is 10.0. The molecule has 2 saturated heterocycles. The Morgan fingerprint density at radius 1 is 1.32 bits per heavy atom. The van der Waals surface area contributed by atoms with Gasteiger partial charge in [-0.2, -0.15) is 0 Å². The number of hydrogen-bond donors (Lipinski definition) is 0. The number of methoxy groups -OCH3 is 1. The Morgan fingerprint density at radius 3 is 2.76 bits per heavy atom. The largest absolute Gasteiger partial charge is 0.497 e. The molecule has 2 heterocycles. The SMILES string of the molecule is COc1cccc(CC(=O)N2C[C@@H]3C[C@H](N(C)C)CN3C(=O)[C@@H]2C)c1. The maximum Gasteiger partial charge on any atom is 0.245 e. The Kier molecular flexibility index (Phi) is 4.99. The van der Waals surface area contributed by atoms with Crippen LogP contribution in [-0.2, 0) is 16.0 Å². The Morgan fingerprint density at radius 2 is 2.08 bits per heavy atom. The van der Waals surface area contributed by atoms with Gasteiger partial charge < -0.3 is 19.4 Å². The molecule has 25 heavy (non-hydrogen) atoms. The van der Waals surface area contributed by atoms with Gasteiger partial charge in [-0.25, -0.2) is 0 Å². The van der Waals surface area contributed by atoms with Crippen LogP contribution in [0.1, 0.15) is 18.9 Å². The molecule has 2 aliphatic rings. The summed E-state index contributed by atoms with van der Waals surface area (Å²) < 4.78 is 5.22. The average molecular weight is 345 g/mol. The fourth-order valence-electron chi connectivity index (χ4n) is 3.84. The van der Waals surface area contributed by atoms with Crippen molar-refractivity contribution >= 4 is 11.8 Å². The zero-order chi connectivity index (χ0) is 18.1. The first-order chi connectivity index (χ1) is 11.9. The number of rotatable bonds is 4. The van der Waals surface area contributed by atoms with Crippen LogP contribution in [0.15, 0.2) is 24.3 Å². The molecule has 3 rings (SSSR count). The van der Waals surface area contributed by atoms with Crippen molar-refractivity contribution in [2.75, 3.05) is 34.3 Å². The van der Waals surface area contributed by atoms with Crippen LogP contribution >= 0.6 is 0 Å². The highest BCUT2D eigenvalue weighted by molar-refractivity contribution is 5.90. The van der Waals surface area contributed by atoms with Crippen molar-refractivity contribution in [3.05, 3.63) is 29.8 Å². The van der Waals surface area contributed by atoms with Gasteiger partial charge in [-0.3, -0.25) is 9.59 Å². The predicted molar refractivity (Wildman–Crippen MR) is 95.5 cm³/mol. The van der Waals surface area contributed by atoms with Gasteiger partial charge in [-0.05, 0) is 45.1 Å². The Hall–Kier alpha value is -2.08. The molecule has 136 valence electrons. The number of carbonyl (C=O) groups excluding carboxylic acids is 2. The summed E-state index contributed by atoms with van der Waals surface area (Å²) in [7, 11) is 5.70. The van der Waals surface area contributed by atoms with E-state index in [0.717, 1.165) is 24.3 Å². The second-order valence-electron chi connectivity index (χ2n) is 7.25. The number of nitrogens with zero attached hydrogens (tertiary/aromatic N) is 3. The smallest absolute Gasteiger partial charge is 0.245 e. The van der Waals surface area contributed by atoms with E-state index < -0.39 is 6.04 Å². The Balaban J connectivity index is 1.71. The Labute approximate surface area is 149 Å². The molecule has 0 aromatic heterocycles. The van der Waals surface area contributed by atoms with Crippen LogP contribution in [0, 0.1) is 0 Å². The normalized spacial score (nSPS) is 26.1. The summed E-state index contributed by atoms with van der Waals surface area (Å²) >= 11 is 0. The van der Waals surface area contributed by atoms with Crippen molar-refractivity contribution < 1.29 is 14.3 Å². The van der Waals surface area contributed by atoms with Crippen molar-refractivity contribution in [1.82, 2.24) is 14.7 Å². The van der Waals surface area contributed by atoms with Gasteiger partial charge in [0.25, 0.3) is 0 Å². The molecule has 0 spiro atoms. The van der Waals surface area contributed by atoms with Gasteiger partial charge in [-0.15, -0.1) is 0 Å². The molecule has 2 fully saturated rings. The van der Waals surface area contributed by atoms with Crippen molar-refractivity contribution in [3.8, 4) is 5.75 Å². The lowest BCUT2D eigenvalue weighted by Gasteiger charge is -2.41. The summed E-state index contributed by atoms with van der Waals surface area (Å²) in [5, 5.41) is 0. The summed E-state index contributed by atoms with van der Waals surface area (Å²) in [4.78, 5) is 31.4. The van der Waals surface area contributed by atoms with Crippen LogP contribution in [0.4, 0.5) is 0 Å². The van der Waals surface area contributed by atoms with E-state index in [9.17, 15) is 9.59 Å². The van der Waals surface area contributed by atoms with Crippen LogP contribution in [0.3, 0.4) is 0 Å². The van der Waals surface area contributed by atoms with Gasteiger partial charge in [0.05, 0.1) is 19.6 Å². The molecular weight excluding hydrogens is 318 g/mol. The van der Waals surface area contributed by atoms with E-state index in [1.54, 1.807) is 12.0 Å². The van der Waals surface area contributed by atoms with Crippen LogP contribution < -0.4 is 4.74 Å². The summed E-state index contributed by atoms with van der Waals surface area (Å²) in [5.41, 5.74) is 0.906. The number of amides is 2. The lowest BCUT2D eigenvalue weighted by molar-refractivity contribution is -0.152. The van der Waals surface area contributed by atoms with E-state index >= 15 is 0 Å². The van der Waals surface area contributed by atoms with E-state index in [1.165, 1.54) is 0 Å². The second-order valence-corrected chi connectivity index (χ2v) is 7.25. The highest BCUT2D eigenvalue weighted by Crippen LogP contribution is 2.28. The lowest BCUT2D eigenvalue weighted by Crippen LogP contribution is -2.60. The van der Waals surface area contributed by atoms with Crippen LogP contribution in [0.25, 0.3) is 0 Å². The zero-order valence-corrected chi connectivity index (χ0v) is 15.4. The fraction of sp³-hybridized carbons (Fsp3) is 0.579. The molecular formula is C19H27N3O3. The standard InChI is InChI=1S/C19H27N3O3/c1-13-19(24)22-11-15(20(2)3)10-16(22)12-21(13)18(23)9-14-6-5-7-17(8-14)25-4/h5-8,13,15-16H,9-12H2,1-4H3/t13-,15-,16-/m0/s1. The van der Waals surface area contributed by atoms with Gasteiger partial charge in [-0.1, -0.05) is 12.1 Å². The molecule has 0 radical (unpaired) electrons. The monoisotopic (exact) mass is 345 g/mol. The van der Waals surface area contributed by atoms with E-state index in [4.69, 9.17) is 4.74 Å². The van der Waals surface area contributed by atoms with E-state index in [2.05, 4.69) is 4.90 Å². The number of carbonyl (C=O) groups is 2. The number of likely N-dealkylation sites (N-methyl/N-ethyl adjacent to an activating group) is 1. The summed E-state index contributed by atoms with van der Waals surface area (Å²) in [5.74, 6) is 0.811. The topological polar surface area (TPSA) is 53.1 Å². The van der Waals surface area contributed by atoms with Crippen molar-refractivity contribution in [3.63, 3.8) is 0 Å². The third-order valence-electron chi connectivity index (χ3n) is 5.45. The van der Waals surface area contributed by atoms with Gasteiger partial charge in [0.2, 0.25) is 11.8 Å². The number of fused-ring (bicyclic) bond motifs is 1. The number of hydrogen-bond acceptors (Lipinski definition) is 4. The maximum absolute atomic E-state index is 12.8. The molecule has 0 unspecified atom stereocenters. The third kappa shape index (κ3) is 3.49. The van der Waals surface area contributed by atoms with E-state index in [-0.39, 0.29) is 17.9 Å². The first-order valence-electron chi connectivity index (χ1n) is 8.80. The molecule has 0 saturated carbocycles. The molecule has 2 aliphatic heterocycles. The van der Waals surface area contributed by atoms with Gasteiger partial charge >= 0.3 is 0 Å². The first kappa shape index (κ1) is 17.7. The first-order valence-corrected chi connectivity index (χ1v) is 8.80. The van der Waals surface area contributed by atoms with Crippen molar-refractivity contribution in [1.29, 1.82) is 0 Å². The van der Waals surface area contributed by atoms with Crippen LogP contribution in [0.5, 0.6) is 5.75 Å². The molecule has 6 heteroatoms. The molecule has 1 aromatic rings. The van der Waals surface area contributed by atoms with E-state index in [0.29, 0.717) is 19.0 Å². The molecule has 1 aromatic carbocycles. The van der Waals surface area contributed by atoms with Crippen molar-refractivity contribution in [2.45, 2.75) is 37.9 Å². The molecule has 0 aliphatic carbocycles. The van der Waals surface area contributed by atoms with Gasteiger partial charge in [0, 0.05) is 19.1 Å². The van der Waals surface area contributed by atoms with E-state index in [1.807, 2.05) is 50.2 Å². The second kappa shape index (κ2) is 7.04. The number of piperazine rings is 1. The zero-order valence-electron chi connectivity index (χ0n) is 15.4. The molecule has 6 nitrogen and oxygen atoms in total. The highest BCUT2D eigenvalue weighted by Gasteiger charge is 2.45. The quantitative estimate of drug-likeness (QED) is 0.817. The molecule has 0 N–H and O–H groups in total. The summed E-state index contributed by atoms with van der Waals surface area (Å²) in [6.45, 7) is 3.23. The average Bonchev–Trinajstić information content (AvgIpc) is 3.03. The summed E-state index contributed by atoms with van der Waals surface area (Å²) in [6.07, 6.45) is 1.22. The van der Waals surface area contributed by atoms with Gasteiger partial charge in [0.1, 0.15) is 11.8 Å². The minimum absolute atomic E-state index is 0.00190. The minimum Gasteiger partial charge on any atom is -0.497 e. The summed E-state index contributed by atoms with van der Waals surface area (Å²) in [6, 6.07) is 7.64. The molecule has 2 amide bonds. The number of ether oxygens (including phenoxy) is 1. The molecule has 3 atom stereocenters. The highest BCUT2D eigenvalue weighted by atomic mass is 16.5. The van der Waals surface area contributed by atoms with Crippen LogP contribution in [0.2, 0.25) is 0 Å². The Bertz CT molecular complexity index is 661. The number of benzene rings is 1. The van der Waals surface area contributed by atoms with Gasteiger partial charge in [0.15, 0.2) is 0 Å². The fourth-order valence-corrected chi connectivity index (χ4v) is 3.84. The third-order valence-corrected chi connectivity index (χ3v) is 5.45. The van der Waals surface area contributed by atoms with Crippen molar-refractivity contribution in [2.24, 2.45) is 0 Å². The van der Waals surface area contributed by atoms with Crippen LogP contribution in [-0.4, -0.2) is 78.9 Å².